The molecule has 1 unspecified atom stereocenters. The maximum Gasteiger partial charge on any atom is 0.203 e. The van der Waals surface area contributed by atoms with Crippen LogP contribution in [0, 0.1) is 10.8 Å². The molecule has 0 N–H and O–H groups in total. The number of allylic oxidation sites excluding steroid dienone is 2. The monoisotopic (exact) mass is 282 g/mol. The molecule has 0 aliphatic heterocycles. The van der Waals surface area contributed by atoms with E-state index in [1.165, 1.54) is 56.3 Å². The summed E-state index contributed by atoms with van der Waals surface area (Å²) >= 11 is 0. The first kappa shape index (κ1) is 16.8. The summed E-state index contributed by atoms with van der Waals surface area (Å²) in [5.74, 6) is 1.31. The van der Waals surface area contributed by atoms with E-state index in [0.29, 0.717) is 5.41 Å². The Morgan fingerprint density at radius 2 is 1.53 bits per heavy atom. The van der Waals surface area contributed by atoms with Crippen molar-refractivity contribution in [2.24, 2.45) is 10.8 Å². The fraction of sp³-hybridized carbons (Fsp3) is 0.882. The molecule has 0 heterocycles. The molecule has 1 aliphatic carbocycles. The van der Waals surface area contributed by atoms with E-state index in [0.717, 1.165) is 16.9 Å². The average molecular weight is 283 g/mol. The average Bonchev–Trinajstić information content (AvgIpc) is 2.36. The van der Waals surface area contributed by atoms with Gasteiger partial charge in [0.15, 0.2) is 0 Å². The second kappa shape index (κ2) is 6.96. The molecule has 0 fully saturated rings. The van der Waals surface area contributed by atoms with E-state index < -0.39 is 0 Å². The standard InChI is InChI=1S/C17H34OSi/c1-14-15(18-19)12-10-8-6-7-9-11-13-17(14,5)16(2,3)4/h6-13H2,1-5,19H3. The van der Waals surface area contributed by atoms with E-state index in [4.69, 9.17) is 4.43 Å². The Bertz CT molecular complexity index is 314. The Morgan fingerprint density at radius 1 is 1.00 bits per heavy atom. The molecule has 0 saturated carbocycles. The van der Waals surface area contributed by atoms with Crippen molar-refractivity contribution in [3.63, 3.8) is 0 Å². The van der Waals surface area contributed by atoms with Crippen LogP contribution in [-0.2, 0) is 4.43 Å². The third kappa shape index (κ3) is 4.11. The van der Waals surface area contributed by atoms with E-state index >= 15 is 0 Å². The van der Waals surface area contributed by atoms with Crippen molar-refractivity contribution in [2.45, 2.75) is 86.0 Å². The van der Waals surface area contributed by atoms with Gasteiger partial charge in [0.2, 0.25) is 10.5 Å². The zero-order chi connectivity index (χ0) is 14.5. The zero-order valence-electron chi connectivity index (χ0n) is 14.1. The number of rotatable bonds is 1. The highest BCUT2D eigenvalue weighted by molar-refractivity contribution is 5.98. The molecule has 0 bridgehead atoms. The summed E-state index contributed by atoms with van der Waals surface area (Å²) in [6.07, 6.45) is 10.7. The van der Waals surface area contributed by atoms with Crippen LogP contribution in [0.2, 0.25) is 0 Å². The van der Waals surface area contributed by atoms with Crippen LogP contribution in [0.15, 0.2) is 11.3 Å². The molecule has 0 spiro atoms. The molecule has 1 aliphatic rings. The Balaban J connectivity index is 3.10. The molecule has 2 heteroatoms. The van der Waals surface area contributed by atoms with Crippen molar-refractivity contribution >= 4 is 10.5 Å². The van der Waals surface area contributed by atoms with E-state index in [1.54, 1.807) is 0 Å². The molecule has 0 aromatic heterocycles. The molecule has 0 aromatic carbocycles. The Hall–Kier alpha value is -0.243. The van der Waals surface area contributed by atoms with Gasteiger partial charge in [-0.1, -0.05) is 59.8 Å². The molecule has 0 aromatic rings. The second-order valence-electron chi connectivity index (χ2n) is 7.46. The third-order valence-electron chi connectivity index (χ3n) is 5.48. The highest BCUT2D eigenvalue weighted by Crippen LogP contribution is 2.49. The zero-order valence-corrected chi connectivity index (χ0v) is 16.1. The van der Waals surface area contributed by atoms with Crippen LogP contribution in [0.3, 0.4) is 0 Å². The lowest BCUT2D eigenvalue weighted by atomic mass is 9.61. The van der Waals surface area contributed by atoms with Crippen molar-refractivity contribution in [3.05, 3.63) is 11.3 Å². The summed E-state index contributed by atoms with van der Waals surface area (Å²) < 4.78 is 5.89. The van der Waals surface area contributed by atoms with Gasteiger partial charge in [-0.25, -0.2) is 0 Å². The smallest absolute Gasteiger partial charge is 0.203 e. The van der Waals surface area contributed by atoms with Crippen molar-refractivity contribution < 1.29 is 4.43 Å². The van der Waals surface area contributed by atoms with Crippen LogP contribution in [0.25, 0.3) is 0 Å². The number of hydrogen-bond acceptors (Lipinski definition) is 1. The highest BCUT2D eigenvalue weighted by Gasteiger charge is 2.39. The van der Waals surface area contributed by atoms with Crippen molar-refractivity contribution in [1.29, 1.82) is 0 Å². The van der Waals surface area contributed by atoms with Crippen LogP contribution < -0.4 is 0 Å². The minimum atomic E-state index is 0.275. The largest absolute Gasteiger partial charge is 0.556 e. The molecular weight excluding hydrogens is 248 g/mol. The van der Waals surface area contributed by atoms with E-state index in [-0.39, 0.29) is 5.41 Å². The van der Waals surface area contributed by atoms with Gasteiger partial charge >= 0.3 is 0 Å². The van der Waals surface area contributed by atoms with Gasteiger partial charge in [-0.2, -0.15) is 0 Å². The maximum absolute atomic E-state index is 5.89. The SMILES string of the molecule is CC1=C(O[SiH3])CCCCCCCCC1(C)C(C)(C)C. The Kier molecular flexibility index (Phi) is 6.16. The Morgan fingerprint density at radius 3 is 2.05 bits per heavy atom. The van der Waals surface area contributed by atoms with Crippen molar-refractivity contribution in [2.75, 3.05) is 0 Å². The van der Waals surface area contributed by atoms with Crippen LogP contribution in [0.4, 0.5) is 0 Å². The van der Waals surface area contributed by atoms with Crippen LogP contribution in [0.1, 0.15) is 86.0 Å². The molecule has 0 radical (unpaired) electrons. The molecule has 19 heavy (non-hydrogen) atoms. The van der Waals surface area contributed by atoms with E-state index in [2.05, 4.69) is 34.6 Å². The predicted octanol–water partition coefficient (Wildman–Crippen LogP) is 4.74. The van der Waals surface area contributed by atoms with Gasteiger partial charge in [-0.05, 0) is 36.2 Å². The van der Waals surface area contributed by atoms with Gasteiger partial charge in [0.1, 0.15) is 0 Å². The molecule has 1 nitrogen and oxygen atoms in total. The number of hydrogen-bond donors (Lipinski definition) is 0. The van der Waals surface area contributed by atoms with Gasteiger partial charge in [0, 0.05) is 6.42 Å². The fourth-order valence-corrected chi connectivity index (χ4v) is 3.86. The van der Waals surface area contributed by atoms with Gasteiger partial charge in [-0.3, -0.25) is 0 Å². The highest BCUT2D eigenvalue weighted by atomic mass is 28.2. The molecule has 1 rings (SSSR count). The summed E-state index contributed by atoms with van der Waals surface area (Å²) in [6.45, 7) is 12.0. The normalized spacial score (nSPS) is 28.1. The van der Waals surface area contributed by atoms with Crippen LogP contribution >= 0.6 is 0 Å². The predicted molar refractivity (Wildman–Crippen MR) is 88.2 cm³/mol. The van der Waals surface area contributed by atoms with Gasteiger partial charge < -0.3 is 4.43 Å². The third-order valence-corrected chi connectivity index (χ3v) is 5.97. The lowest BCUT2D eigenvalue weighted by molar-refractivity contribution is 0.130. The second-order valence-corrected chi connectivity index (χ2v) is 7.86. The van der Waals surface area contributed by atoms with E-state index in [9.17, 15) is 0 Å². The summed E-state index contributed by atoms with van der Waals surface area (Å²) in [7, 11) is 0.821. The summed E-state index contributed by atoms with van der Waals surface area (Å²) in [5, 5.41) is 0. The molecule has 112 valence electrons. The molecule has 0 amide bonds. The Labute approximate surface area is 123 Å². The first-order valence-corrected chi connectivity index (χ1v) is 8.89. The molecule has 1 atom stereocenters. The van der Waals surface area contributed by atoms with Crippen LogP contribution in [-0.4, -0.2) is 10.5 Å². The summed E-state index contributed by atoms with van der Waals surface area (Å²) in [4.78, 5) is 0. The van der Waals surface area contributed by atoms with Gasteiger partial charge in [0.25, 0.3) is 0 Å². The van der Waals surface area contributed by atoms with Gasteiger partial charge in [0.05, 0.1) is 5.76 Å². The summed E-state index contributed by atoms with van der Waals surface area (Å²) in [6, 6.07) is 0. The lowest BCUT2D eigenvalue weighted by Gasteiger charge is -2.44. The lowest BCUT2D eigenvalue weighted by Crippen LogP contribution is -2.35. The minimum absolute atomic E-state index is 0.275. The maximum atomic E-state index is 5.89. The minimum Gasteiger partial charge on any atom is -0.556 e. The fourth-order valence-electron chi connectivity index (χ4n) is 3.35. The van der Waals surface area contributed by atoms with E-state index in [1.807, 2.05) is 0 Å². The quantitative estimate of drug-likeness (QED) is 0.631. The summed E-state index contributed by atoms with van der Waals surface area (Å²) in [5.41, 5.74) is 2.10. The first-order valence-electron chi connectivity index (χ1n) is 8.07. The topological polar surface area (TPSA) is 9.23 Å². The molecule has 0 saturated heterocycles. The van der Waals surface area contributed by atoms with Crippen molar-refractivity contribution in [3.8, 4) is 0 Å². The van der Waals surface area contributed by atoms with Crippen molar-refractivity contribution in [1.82, 2.24) is 0 Å². The van der Waals surface area contributed by atoms with Gasteiger partial charge in [-0.15, -0.1) is 0 Å². The van der Waals surface area contributed by atoms with Crippen LogP contribution in [0.5, 0.6) is 0 Å². The first-order chi connectivity index (χ1) is 8.83. The molecular formula is C17H34OSi.